The highest BCUT2D eigenvalue weighted by atomic mass is 127. The van der Waals surface area contributed by atoms with Crippen LogP contribution in [0.4, 0.5) is 10.6 Å². The summed E-state index contributed by atoms with van der Waals surface area (Å²) in [6.07, 6.45) is 3.27. The van der Waals surface area contributed by atoms with E-state index >= 15 is 0 Å². The van der Waals surface area contributed by atoms with Crippen molar-refractivity contribution in [3.05, 3.63) is 23.9 Å². The summed E-state index contributed by atoms with van der Waals surface area (Å²) in [5.41, 5.74) is 7.04. The van der Waals surface area contributed by atoms with Gasteiger partial charge in [0, 0.05) is 38.4 Å². The van der Waals surface area contributed by atoms with E-state index in [-0.39, 0.29) is 36.1 Å². The third-order valence-corrected chi connectivity index (χ3v) is 4.70. The average molecular weight is 504 g/mol. The molecule has 1 aliphatic heterocycles. The number of anilines is 1. The quantitative estimate of drug-likeness (QED) is 0.337. The van der Waals surface area contributed by atoms with Gasteiger partial charge in [-0.2, -0.15) is 0 Å². The van der Waals surface area contributed by atoms with Crippen LogP contribution < -0.4 is 16.0 Å². The number of nitrogens with two attached hydrogens (primary N) is 1. The summed E-state index contributed by atoms with van der Waals surface area (Å²) >= 11 is 0. The van der Waals surface area contributed by atoms with Gasteiger partial charge in [0.25, 0.3) is 0 Å². The van der Waals surface area contributed by atoms with Crippen molar-refractivity contribution in [3.8, 4) is 0 Å². The average Bonchev–Trinajstić information content (AvgIpc) is 2.69. The molecule has 1 aromatic heterocycles. The van der Waals surface area contributed by atoms with E-state index in [1.807, 2.05) is 25.3 Å². The highest BCUT2D eigenvalue weighted by molar-refractivity contribution is 14.0. The fourth-order valence-corrected chi connectivity index (χ4v) is 3.10. The summed E-state index contributed by atoms with van der Waals surface area (Å²) in [7, 11) is 0. The van der Waals surface area contributed by atoms with Gasteiger partial charge in [-0.1, -0.05) is 6.07 Å². The molecule has 0 unspecified atom stereocenters. The Bertz CT molecular complexity index is 613. The summed E-state index contributed by atoms with van der Waals surface area (Å²) in [5, 5.41) is 3.25. The third-order valence-electron chi connectivity index (χ3n) is 4.70. The van der Waals surface area contributed by atoms with E-state index in [2.05, 4.69) is 34.0 Å². The Hall–Kier alpha value is -1.78. The number of hydrogen-bond acceptors (Lipinski definition) is 5. The van der Waals surface area contributed by atoms with Crippen molar-refractivity contribution in [1.29, 1.82) is 0 Å². The van der Waals surface area contributed by atoms with Crippen molar-refractivity contribution < 1.29 is 9.53 Å². The Morgan fingerprint density at radius 2 is 2.00 bits per heavy atom. The zero-order valence-electron chi connectivity index (χ0n) is 17.1. The van der Waals surface area contributed by atoms with Crippen LogP contribution in [0.5, 0.6) is 0 Å². The van der Waals surface area contributed by atoms with Crippen LogP contribution in [0, 0.1) is 0 Å². The standard InChI is InChI=1S/C19H32N6O2.HI/c1-4-24(5-2)17-8-7-15(13-21-17)14-22-18(20)23-16-9-11-25(12-10-16)19(26)27-6-3;/h7-8,13,16H,4-6,9-12,14H2,1-3H3,(H3,20,22,23);1H. The summed E-state index contributed by atoms with van der Waals surface area (Å²) < 4.78 is 5.03. The molecule has 1 fully saturated rings. The lowest BCUT2D eigenvalue weighted by molar-refractivity contribution is 0.0963. The number of piperidine rings is 1. The highest BCUT2D eigenvalue weighted by Gasteiger charge is 2.23. The van der Waals surface area contributed by atoms with Gasteiger partial charge in [0.1, 0.15) is 5.82 Å². The minimum atomic E-state index is -0.238. The minimum Gasteiger partial charge on any atom is -0.450 e. The second-order valence-electron chi connectivity index (χ2n) is 6.50. The number of guanidine groups is 1. The van der Waals surface area contributed by atoms with E-state index in [9.17, 15) is 4.79 Å². The molecule has 3 N–H and O–H groups in total. The van der Waals surface area contributed by atoms with Crippen LogP contribution in [0.2, 0.25) is 0 Å². The van der Waals surface area contributed by atoms with E-state index in [4.69, 9.17) is 10.5 Å². The summed E-state index contributed by atoms with van der Waals surface area (Å²) in [6, 6.07) is 4.28. The van der Waals surface area contributed by atoms with Crippen LogP contribution >= 0.6 is 24.0 Å². The highest BCUT2D eigenvalue weighted by Crippen LogP contribution is 2.13. The van der Waals surface area contributed by atoms with Crippen LogP contribution in [0.25, 0.3) is 0 Å². The number of rotatable bonds is 7. The van der Waals surface area contributed by atoms with Crippen molar-refractivity contribution >= 4 is 41.8 Å². The number of halogens is 1. The first kappa shape index (κ1) is 24.3. The van der Waals surface area contributed by atoms with E-state index < -0.39 is 0 Å². The molecule has 8 nitrogen and oxygen atoms in total. The van der Waals surface area contributed by atoms with Crippen LogP contribution in [0.1, 0.15) is 39.2 Å². The summed E-state index contributed by atoms with van der Waals surface area (Å²) in [4.78, 5) is 24.6. The maximum absolute atomic E-state index is 11.7. The number of nitrogens with one attached hydrogen (secondary N) is 1. The SMILES string of the molecule is CCOC(=O)N1CCC(NC(N)=NCc2ccc(N(CC)CC)nc2)CC1.I. The van der Waals surface area contributed by atoms with Gasteiger partial charge in [-0.3, -0.25) is 0 Å². The number of aliphatic imine (C=N–C) groups is 1. The van der Waals surface area contributed by atoms with Crippen LogP contribution in [-0.4, -0.2) is 60.8 Å². The molecule has 0 saturated carbocycles. The normalized spacial score (nSPS) is 15.0. The van der Waals surface area contributed by atoms with E-state index in [1.165, 1.54) is 0 Å². The number of carbonyl (C=O) groups is 1. The lowest BCUT2D eigenvalue weighted by Crippen LogP contribution is -2.48. The molecule has 1 aromatic rings. The number of nitrogens with zero attached hydrogens (tertiary/aromatic N) is 4. The van der Waals surface area contributed by atoms with Gasteiger partial charge >= 0.3 is 6.09 Å². The minimum absolute atomic E-state index is 0. The molecule has 1 aliphatic rings. The zero-order valence-corrected chi connectivity index (χ0v) is 19.4. The van der Waals surface area contributed by atoms with E-state index in [1.54, 1.807) is 4.90 Å². The Kier molecular flexibility index (Phi) is 10.9. The lowest BCUT2D eigenvalue weighted by atomic mass is 10.1. The fourth-order valence-electron chi connectivity index (χ4n) is 3.10. The first-order valence-electron chi connectivity index (χ1n) is 9.75. The van der Waals surface area contributed by atoms with Crippen molar-refractivity contribution in [3.63, 3.8) is 0 Å². The van der Waals surface area contributed by atoms with Gasteiger partial charge in [0.05, 0.1) is 13.2 Å². The number of hydrogen-bond donors (Lipinski definition) is 2. The number of aromatic nitrogens is 1. The topological polar surface area (TPSA) is 96.1 Å². The van der Waals surface area contributed by atoms with E-state index in [0.717, 1.165) is 37.3 Å². The predicted molar refractivity (Wildman–Crippen MR) is 123 cm³/mol. The molecule has 1 amide bonds. The fraction of sp³-hybridized carbons (Fsp3) is 0.632. The third kappa shape index (κ3) is 7.33. The second kappa shape index (κ2) is 12.6. The van der Waals surface area contributed by atoms with Gasteiger partial charge < -0.3 is 25.6 Å². The van der Waals surface area contributed by atoms with Gasteiger partial charge in [-0.15, -0.1) is 24.0 Å². The molecular weight excluding hydrogens is 471 g/mol. The molecule has 9 heteroatoms. The Labute approximate surface area is 184 Å². The lowest BCUT2D eigenvalue weighted by Gasteiger charge is -2.31. The molecule has 0 aliphatic carbocycles. The van der Waals surface area contributed by atoms with Gasteiger partial charge in [-0.05, 0) is 45.2 Å². The van der Waals surface area contributed by atoms with Crippen molar-refractivity contribution in [2.75, 3.05) is 37.7 Å². The first-order chi connectivity index (χ1) is 13.1. The zero-order chi connectivity index (χ0) is 19.6. The second-order valence-corrected chi connectivity index (χ2v) is 6.50. The Balaban J connectivity index is 0.00000392. The molecule has 0 radical (unpaired) electrons. The van der Waals surface area contributed by atoms with Gasteiger partial charge in [0.15, 0.2) is 5.96 Å². The number of amides is 1. The van der Waals surface area contributed by atoms with Gasteiger partial charge in [0.2, 0.25) is 0 Å². The number of likely N-dealkylation sites (tertiary alicyclic amines) is 1. The maximum Gasteiger partial charge on any atom is 0.409 e. The van der Waals surface area contributed by atoms with Crippen LogP contribution in [0.15, 0.2) is 23.3 Å². The Morgan fingerprint density at radius 3 is 2.54 bits per heavy atom. The molecular formula is C19H33IN6O2. The Morgan fingerprint density at radius 1 is 1.32 bits per heavy atom. The number of pyridine rings is 1. The molecule has 1 saturated heterocycles. The molecule has 0 aromatic carbocycles. The molecule has 0 atom stereocenters. The van der Waals surface area contributed by atoms with Crippen molar-refractivity contribution in [2.24, 2.45) is 10.7 Å². The molecule has 28 heavy (non-hydrogen) atoms. The van der Waals surface area contributed by atoms with Crippen LogP contribution in [0.3, 0.4) is 0 Å². The summed E-state index contributed by atoms with van der Waals surface area (Å²) in [5.74, 6) is 1.41. The summed E-state index contributed by atoms with van der Waals surface area (Å²) in [6.45, 7) is 10.2. The molecule has 0 spiro atoms. The first-order valence-corrected chi connectivity index (χ1v) is 9.75. The monoisotopic (exact) mass is 504 g/mol. The molecule has 158 valence electrons. The predicted octanol–water partition coefficient (Wildman–Crippen LogP) is 2.57. The van der Waals surface area contributed by atoms with Gasteiger partial charge in [-0.25, -0.2) is 14.8 Å². The molecule has 0 bridgehead atoms. The number of ether oxygens (including phenoxy) is 1. The van der Waals surface area contributed by atoms with Crippen molar-refractivity contribution in [1.82, 2.24) is 15.2 Å². The number of carbonyl (C=O) groups excluding carboxylic acids is 1. The van der Waals surface area contributed by atoms with Crippen LogP contribution in [-0.2, 0) is 11.3 Å². The largest absolute Gasteiger partial charge is 0.450 e. The maximum atomic E-state index is 11.7. The van der Waals surface area contributed by atoms with Crippen molar-refractivity contribution in [2.45, 2.75) is 46.2 Å². The van der Waals surface area contributed by atoms with E-state index in [0.29, 0.717) is 32.2 Å². The smallest absolute Gasteiger partial charge is 0.409 e. The molecule has 2 rings (SSSR count). The molecule has 2 heterocycles.